The van der Waals surface area contributed by atoms with Gasteiger partial charge in [0.1, 0.15) is 11.6 Å². The molecule has 1 saturated heterocycles. The lowest BCUT2D eigenvalue weighted by atomic mass is 10.2. The summed E-state index contributed by atoms with van der Waals surface area (Å²) in [6.07, 6.45) is 0. The van der Waals surface area contributed by atoms with Gasteiger partial charge in [-0.25, -0.2) is 9.37 Å². The lowest BCUT2D eigenvalue weighted by Gasteiger charge is -2.27. The van der Waals surface area contributed by atoms with Crippen LogP contribution in [-0.2, 0) is 11.3 Å². The van der Waals surface area contributed by atoms with Crippen molar-refractivity contribution in [1.29, 1.82) is 0 Å². The summed E-state index contributed by atoms with van der Waals surface area (Å²) in [5, 5.41) is 3.17. The van der Waals surface area contributed by atoms with Gasteiger partial charge >= 0.3 is 0 Å². The number of rotatable bonds is 4. The fourth-order valence-electron chi connectivity index (χ4n) is 2.38. The van der Waals surface area contributed by atoms with E-state index in [1.165, 1.54) is 6.07 Å². The normalized spacial score (nSPS) is 14.9. The first-order valence-corrected chi connectivity index (χ1v) is 7.38. The third kappa shape index (κ3) is 3.51. The molecule has 0 aliphatic carbocycles. The molecule has 2 heterocycles. The zero-order valence-corrected chi connectivity index (χ0v) is 12.6. The Morgan fingerprint density at radius 2 is 2.00 bits per heavy atom. The second-order valence-corrected chi connectivity index (χ2v) is 5.24. The molecular weight excluding hydrogens is 283 g/mol. The van der Waals surface area contributed by atoms with Crippen LogP contribution in [0.15, 0.2) is 30.3 Å². The number of hydrogen-bond donors (Lipinski definition) is 1. The molecule has 22 heavy (non-hydrogen) atoms. The van der Waals surface area contributed by atoms with Gasteiger partial charge in [0, 0.05) is 37.0 Å². The summed E-state index contributed by atoms with van der Waals surface area (Å²) in [7, 11) is 0. The zero-order valence-electron chi connectivity index (χ0n) is 12.6. The molecule has 0 amide bonds. The van der Waals surface area contributed by atoms with Gasteiger partial charge in [0.15, 0.2) is 0 Å². The molecule has 0 saturated carbocycles. The molecule has 3 rings (SSSR count). The molecular formula is C16H19FN4O. The smallest absolute Gasteiger partial charge is 0.227 e. The second-order valence-electron chi connectivity index (χ2n) is 5.24. The maximum atomic E-state index is 13.6. The van der Waals surface area contributed by atoms with Crippen LogP contribution in [0.1, 0.15) is 11.3 Å². The van der Waals surface area contributed by atoms with Gasteiger partial charge in [0.25, 0.3) is 0 Å². The Kier molecular flexibility index (Phi) is 4.48. The van der Waals surface area contributed by atoms with Crippen LogP contribution in [0.5, 0.6) is 0 Å². The van der Waals surface area contributed by atoms with Crippen molar-refractivity contribution in [2.45, 2.75) is 13.5 Å². The minimum Gasteiger partial charge on any atom is -0.378 e. The van der Waals surface area contributed by atoms with Gasteiger partial charge < -0.3 is 15.0 Å². The van der Waals surface area contributed by atoms with Crippen LogP contribution in [0.25, 0.3) is 0 Å². The van der Waals surface area contributed by atoms with E-state index in [2.05, 4.69) is 20.2 Å². The summed E-state index contributed by atoms with van der Waals surface area (Å²) in [4.78, 5) is 11.1. The van der Waals surface area contributed by atoms with E-state index in [0.717, 1.165) is 18.8 Å². The molecule has 2 aromatic rings. The van der Waals surface area contributed by atoms with Gasteiger partial charge in [-0.15, -0.1) is 0 Å². The molecule has 0 unspecified atom stereocenters. The number of hydrogen-bond acceptors (Lipinski definition) is 5. The van der Waals surface area contributed by atoms with E-state index in [4.69, 9.17) is 4.74 Å². The van der Waals surface area contributed by atoms with Gasteiger partial charge in [-0.2, -0.15) is 4.98 Å². The number of aryl methyl sites for hydroxylation is 1. The fraction of sp³-hybridized carbons (Fsp3) is 0.375. The maximum absolute atomic E-state index is 13.6. The Balaban J connectivity index is 1.73. The van der Waals surface area contributed by atoms with Crippen molar-refractivity contribution in [3.05, 3.63) is 47.4 Å². The quantitative estimate of drug-likeness (QED) is 0.939. The molecule has 116 valence electrons. The summed E-state index contributed by atoms with van der Waals surface area (Å²) >= 11 is 0. The lowest BCUT2D eigenvalue weighted by Crippen LogP contribution is -2.37. The Morgan fingerprint density at radius 1 is 1.23 bits per heavy atom. The molecule has 1 N–H and O–H groups in total. The number of nitrogens with one attached hydrogen (secondary N) is 1. The van der Waals surface area contributed by atoms with E-state index in [1.54, 1.807) is 12.1 Å². The summed E-state index contributed by atoms with van der Waals surface area (Å²) in [6.45, 7) is 5.28. The number of morpholine rings is 1. The molecule has 1 aliphatic rings. The molecule has 1 fully saturated rings. The topological polar surface area (TPSA) is 50.3 Å². The minimum atomic E-state index is -0.214. The number of anilines is 2. The first-order valence-electron chi connectivity index (χ1n) is 7.38. The number of ether oxygens (including phenoxy) is 1. The highest BCUT2D eigenvalue weighted by molar-refractivity contribution is 5.44. The summed E-state index contributed by atoms with van der Waals surface area (Å²) < 4.78 is 19.0. The van der Waals surface area contributed by atoms with Gasteiger partial charge in [-0.1, -0.05) is 18.2 Å². The predicted octanol–water partition coefficient (Wildman–Crippen LogP) is 2.37. The molecule has 0 spiro atoms. The van der Waals surface area contributed by atoms with Crippen LogP contribution < -0.4 is 10.2 Å². The van der Waals surface area contributed by atoms with Crippen LogP contribution in [0, 0.1) is 12.7 Å². The van der Waals surface area contributed by atoms with Crippen LogP contribution in [0.2, 0.25) is 0 Å². The Bertz CT molecular complexity index is 644. The number of benzene rings is 1. The van der Waals surface area contributed by atoms with Gasteiger partial charge in [-0.3, -0.25) is 0 Å². The zero-order chi connectivity index (χ0) is 15.4. The number of aromatic nitrogens is 2. The van der Waals surface area contributed by atoms with Crippen molar-refractivity contribution in [1.82, 2.24) is 9.97 Å². The van der Waals surface area contributed by atoms with Gasteiger partial charge in [0.05, 0.1) is 13.2 Å². The Hall–Kier alpha value is -2.21. The molecule has 1 aromatic heterocycles. The molecule has 0 bridgehead atoms. The standard InChI is InChI=1S/C16H19FN4O/c1-12-10-15(18-11-13-4-2-3-5-14(13)17)20-16(19-12)21-6-8-22-9-7-21/h2-5,10H,6-9,11H2,1H3,(H,18,19,20). The number of halogens is 1. The van der Waals surface area contributed by atoms with E-state index < -0.39 is 0 Å². The number of nitrogens with zero attached hydrogens (tertiary/aromatic N) is 3. The summed E-state index contributed by atoms with van der Waals surface area (Å²) in [5.74, 6) is 1.19. The Morgan fingerprint density at radius 3 is 2.77 bits per heavy atom. The van der Waals surface area contributed by atoms with E-state index in [-0.39, 0.29) is 5.82 Å². The third-order valence-electron chi connectivity index (χ3n) is 3.55. The highest BCUT2D eigenvalue weighted by Gasteiger charge is 2.15. The fourth-order valence-corrected chi connectivity index (χ4v) is 2.38. The van der Waals surface area contributed by atoms with E-state index in [9.17, 15) is 4.39 Å². The highest BCUT2D eigenvalue weighted by atomic mass is 19.1. The highest BCUT2D eigenvalue weighted by Crippen LogP contribution is 2.16. The molecule has 1 aromatic carbocycles. The SMILES string of the molecule is Cc1cc(NCc2ccccc2F)nc(N2CCOCC2)n1. The maximum Gasteiger partial charge on any atom is 0.227 e. The van der Waals surface area contributed by atoms with Gasteiger partial charge in [-0.05, 0) is 13.0 Å². The van der Waals surface area contributed by atoms with Crippen molar-refractivity contribution in [2.75, 3.05) is 36.5 Å². The molecule has 6 heteroatoms. The van der Waals surface area contributed by atoms with Crippen LogP contribution in [-0.4, -0.2) is 36.3 Å². The summed E-state index contributed by atoms with van der Waals surface area (Å²) in [6, 6.07) is 8.60. The van der Waals surface area contributed by atoms with Crippen molar-refractivity contribution < 1.29 is 9.13 Å². The van der Waals surface area contributed by atoms with Gasteiger partial charge in [0.2, 0.25) is 5.95 Å². The molecule has 0 atom stereocenters. The monoisotopic (exact) mass is 302 g/mol. The summed E-state index contributed by atoms with van der Waals surface area (Å²) in [5.41, 5.74) is 1.50. The van der Waals surface area contributed by atoms with Crippen molar-refractivity contribution in [3.8, 4) is 0 Å². The minimum absolute atomic E-state index is 0.214. The first kappa shape index (κ1) is 14.7. The predicted molar refractivity (Wildman–Crippen MR) is 83.5 cm³/mol. The van der Waals surface area contributed by atoms with E-state index >= 15 is 0 Å². The molecule has 1 aliphatic heterocycles. The lowest BCUT2D eigenvalue weighted by molar-refractivity contribution is 0.122. The first-order chi connectivity index (χ1) is 10.7. The van der Waals surface area contributed by atoms with Crippen molar-refractivity contribution >= 4 is 11.8 Å². The molecule has 0 radical (unpaired) electrons. The average Bonchev–Trinajstić information content (AvgIpc) is 2.54. The van der Waals surface area contributed by atoms with Crippen LogP contribution in [0.3, 0.4) is 0 Å². The van der Waals surface area contributed by atoms with E-state index in [0.29, 0.717) is 37.1 Å². The average molecular weight is 302 g/mol. The molecule has 5 nitrogen and oxygen atoms in total. The third-order valence-corrected chi connectivity index (χ3v) is 3.55. The van der Waals surface area contributed by atoms with Crippen LogP contribution in [0.4, 0.5) is 16.2 Å². The Labute approximate surface area is 129 Å². The largest absolute Gasteiger partial charge is 0.378 e. The van der Waals surface area contributed by atoms with Crippen LogP contribution >= 0.6 is 0 Å². The van der Waals surface area contributed by atoms with Crippen molar-refractivity contribution in [3.63, 3.8) is 0 Å². The van der Waals surface area contributed by atoms with E-state index in [1.807, 2.05) is 19.1 Å². The second kappa shape index (κ2) is 6.70. The van der Waals surface area contributed by atoms with Crippen molar-refractivity contribution in [2.24, 2.45) is 0 Å².